The fourth-order valence-electron chi connectivity index (χ4n) is 3.51. The molecule has 158 valence electrons. The number of hydrogen-bond acceptors (Lipinski definition) is 6. The van der Waals surface area contributed by atoms with Crippen LogP contribution in [0.2, 0.25) is 0 Å². The van der Waals surface area contributed by atoms with E-state index >= 15 is 0 Å². The molecule has 0 bridgehead atoms. The van der Waals surface area contributed by atoms with Crippen molar-refractivity contribution in [2.75, 3.05) is 20.3 Å². The lowest BCUT2D eigenvalue weighted by Crippen LogP contribution is -2.48. The number of aromatic nitrogens is 1. The Morgan fingerprint density at radius 1 is 1.21 bits per heavy atom. The number of oxazole rings is 1. The Hall–Kier alpha value is -2.18. The highest BCUT2D eigenvalue weighted by molar-refractivity contribution is 5.77. The third-order valence-electron chi connectivity index (χ3n) is 5.52. The topological polar surface area (TPSA) is 70.8 Å². The maximum atomic E-state index is 11.7. The highest BCUT2D eigenvalue weighted by Gasteiger charge is 2.41. The van der Waals surface area contributed by atoms with E-state index in [1.165, 1.54) is 12.7 Å². The quantitative estimate of drug-likeness (QED) is 0.480. The summed E-state index contributed by atoms with van der Waals surface area (Å²) in [5.74, 6) is 0.111. The van der Waals surface area contributed by atoms with Gasteiger partial charge in [-0.05, 0) is 50.3 Å². The average Bonchev–Trinajstić information content (AvgIpc) is 3.12. The van der Waals surface area contributed by atoms with Crippen molar-refractivity contribution in [3.63, 3.8) is 0 Å². The van der Waals surface area contributed by atoms with E-state index in [0.717, 1.165) is 49.1 Å². The molecule has 3 rings (SSSR count). The van der Waals surface area contributed by atoms with E-state index in [1.54, 1.807) is 6.92 Å². The van der Waals surface area contributed by atoms with Crippen molar-refractivity contribution in [3.05, 3.63) is 41.3 Å². The van der Waals surface area contributed by atoms with E-state index in [2.05, 4.69) is 31.2 Å². The van der Waals surface area contributed by atoms with Crippen LogP contribution >= 0.6 is 0 Å². The van der Waals surface area contributed by atoms with Gasteiger partial charge in [0.15, 0.2) is 0 Å². The molecule has 2 aromatic rings. The van der Waals surface area contributed by atoms with Gasteiger partial charge in [-0.25, -0.2) is 9.78 Å². The standard InChI is InChI=1S/C23H31NO5/c1-5-17-10-12-19(13-11-17)21-24-20(16(2)29-21)9-7-6-8-18-14-27-23(3,28-15-18)22(25)26-4/h10-13,18H,5-9,14-15H2,1-4H3/t18-,23+. The minimum atomic E-state index is -1.27. The number of hydrogen-bond donors (Lipinski definition) is 0. The zero-order valence-corrected chi connectivity index (χ0v) is 17.8. The molecular formula is C23H31NO5. The molecule has 1 aromatic carbocycles. The van der Waals surface area contributed by atoms with E-state index in [4.69, 9.17) is 23.6 Å². The van der Waals surface area contributed by atoms with Crippen molar-refractivity contribution in [3.8, 4) is 11.5 Å². The number of methoxy groups -OCH3 is 1. The number of ether oxygens (including phenoxy) is 3. The van der Waals surface area contributed by atoms with Gasteiger partial charge in [-0.15, -0.1) is 0 Å². The summed E-state index contributed by atoms with van der Waals surface area (Å²) in [6, 6.07) is 8.38. The minimum Gasteiger partial charge on any atom is -0.465 e. The van der Waals surface area contributed by atoms with Crippen molar-refractivity contribution in [2.24, 2.45) is 5.92 Å². The van der Waals surface area contributed by atoms with Gasteiger partial charge >= 0.3 is 5.97 Å². The predicted molar refractivity (Wildman–Crippen MR) is 109 cm³/mol. The van der Waals surface area contributed by atoms with Gasteiger partial charge < -0.3 is 18.6 Å². The molecule has 6 heteroatoms. The van der Waals surface area contributed by atoms with Crippen molar-refractivity contribution >= 4 is 5.97 Å². The van der Waals surface area contributed by atoms with E-state index in [9.17, 15) is 4.79 Å². The Morgan fingerprint density at radius 2 is 1.90 bits per heavy atom. The van der Waals surface area contributed by atoms with Gasteiger partial charge in [-0.1, -0.05) is 25.5 Å². The SMILES string of the molecule is CCc1ccc(-c2nc(CCCC[C@H]3CO[C@@](C)(C(=O)OC)OC3)c(C)o2)cc1. The number of benzene rings is 1. The summed E-state index contributed by atoms with van der Waals surface area (Å²) in [5, 5.41) is 0. The first-order valence-corrected chi connectivity index (χ1v) is 10.4. The van der Waals surface area contributed by atoms with Gasteiger partial charge in [0, 0.05) is 18.4 Å². The molecule has 1 aliphatic rings. The molecule has 1 aromatic heterocycles. The van der Waals surface area contributed by atoms with E-state index in [1.807, 2.05) is 6.92 Å². The molecule has 0 radical (unpaired) electrons. The first-order chi connectivity index (χ1) is 13.9. The first kappa shape index (κ1) is 21.5. The summed E-state index contributed by atoms with van der Waals surface area (Å²) >= 11 is 0. The number of rotatable bonds is 8. The molecule has 1 fully saturated rings. The van der Waals surface area contributed by atoms with Gasteiger partial charge in [0.05, 0.1) is 26.0 Å². The Labute approximate surface area is 172 Å². The molecule has 0 spiro atoms. The van der Waals surface area contributed by atoms with Gasteiger partial charge in [0.25, 0.3) is 5.79 Å². The van der Waals surface area contributed by atoms with E-state index in [-0.39, 0.29) is 0 Å². The molecule has 0 atom stereocenters. The molecule has 0 unspecified atom stereocenters. The number of carbonyl (C=O) groups is 1. The second-order valence-corrected chi connectivity index (χ2v) is 7.74. The maximum absolute atomic E-state index is 11.7. The summed E-state index contributed by atoms with van der Waals surface area (Å²) < 4.78 is 21.8. The van der Waals surface area contributed by atoms with Crippen LogP contribution in [0.1, 0.15) is 50.1 Å². The van der Waals surface area contributed by atoms with Crippen molar-refractivity contribution in [2.45, 2.75) is 58.7 Å². The maximum Gasteiger partial charge on any atom is 0.366 e. The molecule has 0 aliphatic carbocycles. The summed E-state index contributed by atoms with van der Waals surface area (Å²) in [5.41, 5.74) is 3.34. The Bertz CT molecular complexity index is 803. The normalized spacial score (nSPS) is 21.9. The lowest BCUT2D eigenvalue weighted by atomic mass is 10.0. The van der Waals surface area contributed by atoms with Crippen LogP contribution in [0.4, 0.5) is 0 Å². The number of aryl methyl sites for hydroxylation is 3. The summed E-state index contributed by atoms with van der Waals surface area (Å²) in [6.07, 6.45) is 4.96. The van der Waals surface area contributed by atoms with Crippen LogP contribution in [-0.2, 0) is 31.8 Å². The third kappa shape index (κ3) is 5.25. The number of nitrogens with zero attached hydrogens (tertiary/aromatic N) is 1. The molecule has 29 heavy (non-hydrogen) atoms. The van der Waals surface area contributed by atoms with Crippen LogP contribution in [0.25, 0.3) is 11.5 Å². The minimum absolute atomic E-state index is 0.291. The Kier molecular flexibility index (Phi) is 7.09. The fourth-order valence-corrected chi connectivity index (χ4v) is 3.51. The van der Waals surface area contributed by atoms with Crippen molar-refractivity contribution in [1.29, 1.82) is 0 Å². The predicted octanol–water partition coefficient (Wildman–Crippen LogP) is 4.48. The molecule has 0 amide bonds. The van der Waals surface area contributed by atoms with E-state index < -0.39 is 11.8 Å². The van der Waals surface area contributed by atoms with Gasteiger partial charge in [-0.2, -0.15) is 0 Å². The number of unbranched alkanes of at least 4 members (excludes halogenated alkanes) is 1. The molecule has 1 saturated heterocycles. The molecule has 2 heterocycles. The second-order valence-electron chi connectivity index (χ2n) is 7.74. The zero-order chi connectivity index (χ0) is 20.9. The number of carbonyl (C=O) groups excluding carboxylic acids is 1. The van der Waals surface area contributed by atoms with Crippen molar-refractivity contribution in [1.82, 2.24) is 4.98 Å². The smallest absolute Gasteiger partial charge is 0.366 e. The number of esters is 1. The summed E-state index contributed by atoms with van der Waals surface area (Å²) in [6.45, 7) is 6.74. The van der Waals surface area contributed by atoms with Crippen LogP contribution in [0.3, 0.4) is 0 Å². The Morgan fingerprint density at radius 3 is 2.52 bits per heavy atom. The molecule has 6 nitrogen and oxygen atoms in total. The molecule has 1 aliphatic heterocycles. The van der Waals surface area contributed by atoms with Gasteiger partial charge in [-0.3, -0.25) is 0 Å². The largest absolute Gasteiger partial charge is 0.465 e. The molecular weight excluding hydrogens is 370 g/mol. The van der Waals surface area contributed by atoms with Crippen LogP contribution < -0.4 is 0 Å². The first-order valence-electron chi connectivity index (χ1n) is 10.4. The van der Waals surface area contributed by atoms with Crippen LogP contribution in [0, 0.1) is 12.8 Å². The third-order valence-corrected chi connectivity index (χ3v) is 5.52. The second kappa shape index (κ2) is 9.55. The molecule has 0 saturated carbocycles. The van der Waals surface area contributed by atoms with Gasteiger partial charge in [0.2, 0.25) is 5.89 Å². The fraction of sp³-hybridized carbons (Fsp3) is 0.565. The highest BCUT2D eigenvalue weighted by Crippen LogP contribution is 2.27. The highest BCUT2D eigenvalue weighted by atomic mass is 16.7. The van der Waals surface area contributed by atoms with Crippen LogP contribution in [-0.4, -0.2) is 37.1 Å². The summed E-state index contributed by atoms with van der Waals surface area (Å²) in [4.78, 5) is 16.4. The Balaban J connectivity index is 1.44. The monoisotopic (exact) mass is 401 g/mol. The lowest BCUT2D eigenvalue weighted by Gasteiger charge is -2.35. The van der Waals surface area contributed by atoms with Crippen molar-refractivity contribution < 1.29 is 23.4 Å². The van der Waals surface area contributed by atoms with E-state index in [0.29, 0.717) is 25.0 Å². The lowest BCUT2D eigenvalue weighted by molar-refractivity contribution is -0.272. The summed E-state index contributed by atoms with van der Waals surface area (Å²) in [7, 11) is 1.34. The van der Waals surface area contributed by atoms with Crippen LogP contribution in [0.15, 0.2) is 28.7 Å². The van der Waals surface area contributed by atoms with Gasteiger partial charge in [0.1, 0.15) is 5.76 Å². The molecule has 0 N–H and O–H groups in total. The zero-order valence-electron chi connectivity index (χ0n) is 17.8. The average molecular weight is 402 g/mol. The van der Waals surface area contributed by atoms with Crippen LogP contribution in [0.5, 0.6) is 0 Å².